The van der Waals surface area contributed by atoms with Crippen LogP contribution in [-0.2, 0) is 14.6 Å². The van der Waals surface area contributed by atoms with Gasteiger partial charge in [0, 0.05) is 0 Å². The fraction of sp³-hybridized carbons (Fsp3) is 0.500. The molecule has 2 unspecified atom stereocenters. The van der Waals surface area contributed by atoms with Gasteiger partial charge in [-0.15, -0.1) is 11.6 Å². The number of fused-ring (bicyclic) bond motifs is 1. The lowest BCUT2D eigenvalue weighted by Crippen LogP contribution is -2.32. The molecule has 114 valence electrons. The number of rotatable bonds is 2. The SMILES string of the molecule is O=C1COc2ccc(C(Cl)C3CCCCS3(=O)=O)cc2N1. The highest BCUT2D eigenvalue weighted by molar-refractivity contribution is 7.92. The van der Waals surface area contributed by atoms with Crippen molar-refractivity contribution in [1.29, 1.82) is 0 Å². The first-order valence-electron chi connectivity index (χ1n) is 6.89. The molecular weight excluding hydrogens is 314 g/mol. The number of halogens is 1. The highest BCUT2D eigenvalue weighted by Gasteiger charge is 2.35. The Morgan fingerprint density at radius 2 is 2.14 bits per heavy atom. The van der Waals surface area contributed by atoms with Gasteiger partial charge in [0.1, 0.15) is 5.75 Å². The van der Waals surface area contributed by atoms with Crippen molar-refractivity contribution in [2.45, 2.75) is 29.9 Å². The van der Waals surface area contributed by atoms with E-state index in [-0.39, 0.29) is 18.3 Å². The first-order chi connectivity index (χ1) is 9.97. The van der Waals surface area contributed by atoms with E-state index in [4.69, 9.17) is 16.3 Å². The van der Waals surface area contributed by atoms with Crippen molar-refractivity contribution in [2.24, 2.45) is 0 Å². The van der Waals surface area contributed by atoms with Crippen LogP contribution in [0.1, 0.15) is 30.2 Å². The standard InChI is InChI=1S/C14H16ClNO4S/c15-14(12-3-1-2-6-21(12,18)19)9-4-5-11-10(7-9)16-13(17)8-20-11/h4-5,7,12,14H,1-3,6,8H2,(H,16,17). The molecular formula is C14H16ClNO4S. The quantitative estimate of drug-likeness (QED) is 0.845. The molecule has 2 aliphatic heterocycles. The predicted octanol–water partition coefficient (Wildman–Crippen LogP) is 2.26. The Kier molecular flexibility index (Phi) is 3.84. The van der Waals surface area contributed by atoms with Crippen LogP contribution < -0.4 is 10.1 Å². The molecule has 7 heteroatoms. The molecule has 5 nitrogen and oxygen atoms in total. The zero-order valence-corrected chi connectivity index (χ0v) is 12.9. The number of ether oxygens (including phenoxy) is 1. The summed E-state index contributed by atoms with van der Waals surface area (Å²) in [6, 6.07) is 5.18. The molecule has 0 saturated carbocycles. The smallest absolute Gasteiger partial charge is 0.262 e. The molecule has 1 N–H and O–H groups in total. The molecule has 1 aromatic carbocycles. The van der Waals surface area contributed by atoms with Crippen molar-refractivity contribution in [1.82, 2.24) is 0 Å². The van der Waals surface area contributed by atoms with E-state index in [1.165, 1.54) is 0 Å². The Bertz CT molecular complexity index is 674. The normalized spacial score (nSPS) is 25.4. The molecule has 0 aliphatic carbocycles. The highest BCUT2D eigenvalue weighted by Crippen LogP contribution is 2.38. The molecule has 0 aromatic heterocycles. The van der Waals surface area contributed by atoms with Gasteiger partial charge in [-0.1, -0.05) is 12.5 Å². The molecule has 1 amide bonds. The van der Waals surface area contributed by atoms with Gasteiger partial charge in [0.15, 0.2) is 16.4 Å². The molecule has 0 spiro atoms. The molecule has 1 saturated heterocycles. The van der Waals surface area contributed by atoms with Gasteiger partial charge in [-0.05, 0) is 30.5 Å². The Morgan fingerprint density at radius 1 is 1.33 bits per heavy atom. The predicted molar refractivity (Wildman–Crippen MR) is 80.6 cm³/mol. The van der Waals surface area contributed by atoms with Crippen molar-refractivity contribution >= 4 is 33.0 Å². The van der Waals surface area contributed by atoms with Crippen molar-refractivity contribution < 1.29 is 17.9 Å². The van der Waals surface area contributed by atoms with Crippen LogP contribution in [-0.4, -0.2) is 31.9 Å². The van der Waals surface area contributed by atoms with Gasteiger partial charge in [0.05, 0.1) is 22.1 Å². The Balaban J connectivity index is 1.89. The summed E-state index contributed by atoms with van der Waals surface area (Å²) in [6.07, 6.45) is 2.16. The summed E-state index contributed by atoms with van der Waals surface area (Å²) >= 11 is 6.42. The zero-order valence-electron chi connectivity index (χ0n) is 11.3. The summed E-state index contributed by atoms with van der Waals surface area (Å²) in [5.74, 6) is 0.552. The maximum absolute atomic E-state index is 12.2. The van der Waals surface area contributed by atoms with Crippen molar-refractivity contribution in [2.75, 3.05) is 17.7 Å². The third-order valence-electron chi connectivity index (χ3n) is 3.91. The number of alkyl halides is 1. The maximum atomic E-state index is 12.2. The second-order valence-corrected chi connectivity index (χ2v) is 8.21. The van der Waals surface area contributed by atoms with Crippen LogP contribution in [0.4, 0.5) is 5.69 Å². The Hall–Kier alpha value is -1.27. The van der Waals surface area contributed by atoms with E-state index in [0.29, 0.717) is 29.8 Å². The van der Waals surface area contributed by atoms with Crippen LogP contribution in [0.15, 0.2) is 18.2 Å². The molecule has 3 rings (SSSR count). The third-order valence-corrected chi connectivity index (χ3v) is 6.90. The van der Waals surface area contributed by atoms with Gasteiger partial charge in [-0.2, -0.15) is 0 Å². The summed E-state index contributed by atoms with van der Waals surface area (Å²) in [7, 11) is -3.15. The average molecular weight is 330 g/mol. The van der Waals surface area contributed by atoms with Gasteiger partial charge >= 0.3 is 0 Å². The van der Waals surface area contributed by atoms with E-state index in [1.807, 2.05) is 0 Å². The highest BCUT2D eigenvalue weighted by atomic mass is 35.5. The topological polar surface area (TPSA) is 72.5 Å². The molecule has 1 aromatic rings. The van der Waals surface area contributed by atoms with Crippen molar-refractivity contribution in [3.8, 4) is 5.75 Å². The van der Waals surface area contributed by atoms with Gasteiger partial charge in [0.25, 0.3) is 5.91 Å². The molecule has 0 radical (unpaired) electrons. The van der Waals surface area contributed by atoms with Gasteiger partial charge in [0.2, 0.25) is 0 Å². The van der Waals surface area contributed by atoms with Gasteiger partial charge < -0.3 is 10.1 Å². The summed E-state index contributed by atoms with van der Waals surface area (Å²) in [5, 5.41) is 1.53. The van der Waals surface area contributed by atoms with Crippen LogP contribution in [0.3, 0.4) is 0 Å². The molecule has 2 heterocycles. The van der Waals surface area contributed by atoms with Gasteiger partial charge in [-0.3, -0.25) is 4.79 Å². The van der Waals surface area contributed by atoms with Crippen LogP contribution >= 0.6 is 11.6 Å². The second-order valence-electron chi connectivity index (χ2n) is 5.40. The molecule has 2 atom stereocenters. The van der Waals surface area contributed by atoms with Crippen LogP contribution in [0.25, 0.3) is 0 Å². The number of benzene rings is 1. The number of hydrogen-bond acceptors (Lipinski definition) is 4. The summed E-state index contributed by atoms with van der Waals surface area (Å²) in [4.78, 5) is 11.3. The molecule has 2 aliphatic rings. The number of carbonyl (C=O) groups excluding carboxylic acids is 1. The zero-order chi connectivity index (χ0) is 15.0. The molecule has 0 bridgehead atoms. The monoisotopic (exact) mass is 329 g/mol. The number of amides is 1. The van der Waals surface area contributed by atoms with E-state index in [2.05, 4.69) is 5.32 Å². The van der Waals surface area contributed by atoms with E-state index >= 15 is 0 Å². The molecule has 1 fully saturated rings. The minimum atomic E-state index is -3.15. The minimum absolute atomic E-state index is 0.00630. The lowest BCUT2D eigenvalue weighted by atomic mass is 10.0. The fourth-order valence-electron chi connectivity index (χ4n) is 2.79. The van der Waals surface area contributed by atoms with Crippen molar-refractivity contribution in [3.63, 3.8) is 0 Å². The molecule has 21 heavy (non-hydrogen) atoms. The van der Waals surface area contributed by atoms with Crippen LogP contribution in [0, 0.1) is 0 Å². The number of hydrogen-bond donors (Lipinski definition) is 1. The lowest BCUT2D eigenvalue weighted by molar-refractivity contribution is -0.118. The summed E-state index contributed by atoms with van der Waals surface area (Å²) in [6.45, 7) is -0.00630. The second kappa shape index (κ2) is 5.50. The number of anilines is 1. The Morgan fingerprint density at radius 3 is 2.90 bits per heavy atom. The number of sulfone groups is 1. The minimum Gasteiger partial charge on any atom is -0.482 e. The Labute approximate surface area is 128 Å². The van der Waals surface area contributed by atoms with Crippen molar-refractivity contribution in [3.05, 3.63) is 23.8 Å². The first kappa shape index (κ1) is 14.7. The first-order valence-corrected chi connectivity index (χ1v) is 9.05. The largest absolute Gasteiger partial charge is 0.482 e. The third kappa shape index (κ3) is 2.87. The lowest BCUT2D eigenvalue weighted by Gasteiger charge is -2.27. The van der Waals surface area contributed by atoms with Gasteiger partial charge in [-0.25, -0.2) is 8.42 Å². The van der Waals surface area contributed by atoms with E-state index in [0.717, 1.165) is 6.42 Å². The van der Waals surface area contributed by atoms with E-state index in [1.54, 1.807) is 18.2 Å². The average Bonchev–Trinajstić information content (AvgIpc) is 2.45. The summed E-state index contributed by atoms with van der Waals surface area (Å²) in [5.41, 5.74) is 1.24. The van der Waals surface area contributed by atoms with E-state index in [9.17, 15) is 13.2 Å². The number of carbonyl (C=O) groups is 1. The number of nitrogens with one attached hydrogen (secondary N) is 1. The fourth-order valence-corrected chi connectivity index (χ4v) is 5.48. The maximum Gasteiger partial charge on any atom is 0.262 e. The van der Waals surface area contributed by atoms with E-state index < -0.39 is 20.5 Å². The summed E-state index contributed by atoms with van der Waals surface area (Å²) < 4.78 is 29.6. The van der Waals surface area contributed by atoms with Crippen LogP contribution in [0.5, 0.6) is 5.75 Å². The van der Waals surface area contributed by atoms with Crippen LogP contribution in [0.2, 0.25) is 0 Å².